The first-order valence-corrected chi connectivity index (χ1v) is 6.74. The number of nitrogens with one attached hydrogen (secondary N) is 1. The third-order valence-electron chi connectivity index (χ3n) is 3.18. The molecule has 2 aromatic rings. The van der Waals surface area contributed by atoms with Gasteiger partial charge in [-0.15, -0.1) is 0 Å². The van der Waals surface area contributed by atoms with E-state index in [0.29, 0.717) is 18.4 Å². The normalized spacial score (nSPS) is 13.6. The average Bonchev–Trinajstić information content (AvgIpc) is 2.88. The van der Waals surface area contributed by atoms with Gasteiger partial charge in [0.2, 0.25) is 0 Å². The fourth-order valence-electron chi connectivity index (χ4n) is 2.16. The van der Waals surface area contributed by atoms with Gasteiger partial charge in [-0.05, 0) is 18.2 Å². The maximum atomic E-state index is 5.92. The van der Waals surface area contributed by atoms with Gasteiger partial charge in [-0.2, -0.15) is 0 Å². The second-order valence-corrected chi connectivity index (χ2v) is 4.98. The van der Waals surface area contributed by atoms with Crippen LogP contribution in [0.2, 0.25) is 5.15 Å². The number of hydrogen-bond acceptors (Lipinski definition) is 4. The van der Waals surface area contributed by atoms with E-state index < -0.39 is 0 Å². The Morgan fingerprint density at radius 1 is 1.45 bits per heavy atom. The zero-order valence-corrected chi connectivity index (χ0v) is 11.9. The third-order valence-corrected chi connectivity index (χ3v) is 3.39. The van der Waals surface area contributed by atoms with Crippen LogP contribution in [-0.2, 0) is 4.74 Å². The molecule has 0 saturated carbocycles. The molecule has 20 heavy (non-hydrogen) atoms. The first-order valence-electron chi connectivity index (χ1n) is 6.36. The van der Waals surface area contributed by atoms with E-state index in [1.165, 1.54) is 0 Å². The largest absolute Gasteiger partial charge is 0.383 e. The first kappa shape index (κ1) is 13.1. The topological polar surface area (TPSA) is 53.5 Å². The van der Waals surface area contributed by atoms with Gasteiger partial charge in [0.15, 0.2) is 0 Å². The van der Waals surface area contributed by atoms with E-state index in [2.05, 4.69) is 32.1 Å². The van der Waals surface area contributed by atoms with Gasteiger partial charge in [-0.1, -0.05) is 11.6 Å². The molecular weight excluding hydrogens is 276 g/mol. The van der Waals surface area contributed by atoms with E-state index in [9.17, 15) is 0 Å². The molecule has 0 aromatic carbocycles. The molecule has 0 fully saturated rings. The van der Waals surface area contributed by atoms with Crippen LogP contribution >= 0.6 is 11.6 Å². The number of pyridine rings is 1. The maximum absolute atomic E-state index is 5.92. The highest BCUT2D eigenvalue weighted by molar-refractivity contribution is 6.29. The number of H-pyrrole nitrogens is 1. The monoisotopic (exact) mass is 290 g/mol. The lowest BCUT2D eigenvalue weighted by Gasteiger charge is -2.18. The number of hydrogen-bond donors (Lipinski definition) is 1. The molecular formula is C14H15ClN4O. The average molecular weight is 291 g/mol. The van der Waals surface area contributed by atoms with E-state index in [-0.39, 0.29) is 0 Å². The quantitative estimate of drug-likeness (QED) is 0.855. The van der Waals surface area contributed by atoms with Gasteiger partial charge in [0, 0.05) is 42.5 Å². The Labute approximate surface area is 121 Å². The standard InChI is InChI=1S/C14H15ClN4O/c1-20-5-4-19-8-11-6-12(18-14(11)17-9-19)10-2-3-16-13(15)7-10/h2-3,6-8H,4-5,9H2,1H3,(H,17,18). The van der Waals surface area contributed by atoms with Crippen LogP contribution in [-0.4, -0.2) is 41.8 Å². The molecule has 0 radical (unpaired) electrons. The Bertz CT molecular complexity index is 725. The summed E-state index contributed by atoms with van der Waals surface area (Å²) in [4.78, 5) is 14.0. The molecule has 5 nitrogen and oxygen atoms in total. The van der Waals surface area contributed by atoms with Gasteiger partial charge in [-0.3, -0.25) is 0 Å². The van der Waals surface area contributed by atoms with Crippen molar-refractivity contribution in [1.29, 1.82) is 0 Å². The van der Waals surface area contributed by atoms with Crippen LogP contribution < -0.4 is 10.7 Å². The molecule has 2 aromatic heterocycles. The summed E-state index contributed by atoms with van der Waals surface area (Å²) in [7, 11) is 1.70. The lowest BCUT2D eigenvalue weighted by atomic mass is 10.2. The molecule has 1 aliphatic rings. The molecule has 0 aliphatic carbocycles. The van der Waals surface area contributed by atoms with Crippen molar-refractivity contribution < 1.29 is 4.74 Å². The predicted octanol–water partition coefficient (Wildman–Crippen LogP) is 1.01. The summed E-state index contributed by atoms with van der Waals surface area (Å²) >= 11 is 5.92. The minimum absolute atomic E-state index is 0.484. The molecule has 0 atom stereocenters. The Balaban J connectivity index is 1.94. The zero-order chi connectivity index (χ0) is 13.9. The van der Waals surface area contributed by atoms with Crippen LogP contribution in [0.25, 0.3) is 17.5 Å². The van der Waals surface area contributed by atoms with Gasteiger partial charge in [0.1, 0.15) is 17.3 Å². The highest BCUT2D eigenvalue weighted by Gasteiger charge is 2.08. The van der Waals surface area contributed by atoms with Crippen LogP contribution in [0.1, 0.15) is 0 Å². The summed E-state index contributed by atoms with van der Waals surface area (Å²) in [5, 5.41) is 1.56. The second kappa shape index (κ2) is 5.64. The Morgan fingerprint density at radius 3 is 3.15 bits per heavy atom. The molecule has 1 N–H and O–H groups in total. The zero-order valence-electron chi connectivity index (χ0n) is 11.1. The summed E-state index contributed by atoms with van der Waals surface area (Å²) in [5.41, 5.74) is 2.90. The Morgan fingerprint density at radius 2 is 2.35 bits per heavy atom. The lowest BCUT2D eigenvalue weighted by molar-refractivity contribution is 0.175. The molecule has 0 unspecified atom stereocenters. The van der Waals surface area contributed by atoms with Crippen LogP contribution in [0, 0.1) is 0 Å². The molecule has 0 saturated heterocycles. The van der Waals surface area contributed by atoms with Crippen molar-refractivity contribution in [2.45, 2.75) is 0 Å². The lowest BCUT2D eigenvalue weighted by Crippen LogP contribution is -2.36. The van der Waals surface area contributed by atoms with Crippen molar-refractivity contribution in [1.82, 2.24) is 14.9 Å². The molecule has 0 bridgehead atoms. The van der Waals surface area contributed by atoms with Crippen LogP contribution in [0.3, 0.4) is 0 Å². The number of halogens is 1. The molecule has 0 spiro atoms. The van der Waals surface area contributed by atoms with Crippen LogP contribution in [0.5, 0.6) is 0 Å². The fourth-order valence-corrected chi connectivity index (χ4v) is 2.33. The maximum Gasteiger partial charge on any atom is 0.136 e. The molecule has 104 valence electrons. The number of methoxy groups -OCH3 is 1. The van der Waals surface area contributed by atoms with Gasteiger partial charge in [-0.25, -0.2) is 9.98 Å². The molecule has 0 amide bonds. The van der Waals surface area contributed by atoms with E-state index >= 15 is 0 Å². The number of ether oxygens (including phenoxy) is 1. The Hall–Kier alpha value is -1.85. The number of nitrogens with zero attached hydrogens (tertiary/aromatic N) is 3. The summed E-state index contributed by atoms with van der Waals surface area (Å²) in [5.74, 6) is 0. The van der Waals surface area contributed by atoms with Crippen LogP contribution in [0.4, 0.5) is 0 Å². The number of rotatable bonds is 4. The highest BCUT2D eigenvalue weighted by Crippen LogP contribution is 2.17. The van der Waals surface area contributed by atoms with Crippen molar-refractivity contribution in [3.8, 4) is 11.3 Å². The van der Waals surface area contributed by atoms with E-state index in [0.717, 1.165) is 28.5 Å². The first-order chi connectivity index (χ1) is 9.76. The van der Waals surface area contributed by atoms with Gasteiger partial charge >= 0.3 is 0 Å². The van der Waals surface area contributed by atoms with Crippen LogP contribution in [0.15, 0.2) is 29.4 Å². The van der Waals surface area contributed by atoms with E-state index in [4.69, 9.17) is 16.3 Å². The molecule has 6 heteroatoms. The second-order valence-electron chi connectivity index (χ2n) is 4.59. The van der Waals surface area contributed by atoms with E-state index in [1.54, 1.807) is 13.3 Å². The van der Waals surface area contributed by atoms with E-state index in [1.807, 2.05) is 12.1 Å². The number of aromatic amines is 1. The van der Waals surface area contributed by atoms with Gasteiger partial charge < -0.3 is 14.6 Å². The SMILES string of the molecule is COCCN1C=c2cc(-c3ccnc(Cl)c3)[nH]c2=NC1. The Kier molecular flexibility index (Phi) is 3.71. The van der Waals surface area contributed by atoms with Gasteiger partial charge in [0.05, 0.1) is 6.61 Å². The minimum atomic E-state index is 0.484. The summed E-state index contributed by atoms with van der Waals surface area (Å²) in [6, 6.07) is 5.83. The van der Waals surface area contributed by atoms with Crippen molar-refractivity contribution in [2.75, 3.05) is 26.9 Å². The molecule has 1 aliphatic heterocycles. The number of fused-ring (bicyclic) bond motifs is 1. The summed E-state index contributed by atoms with van der Waals surface area (Å²) < 4.78 is 5.09. The smallest absolute Gasteiger partial charge is 0.136 e. The van der Waals surface area contributed by atoms with Crippen molar-refractivity contribution >= 4 is 17.8 Å². The fraction of sp³-hybridized carbons (Fsp3) is 0.286. The van der Waals surface area contributed by atoms with Crippen molar-refractivity contribution in [3.05, 3.63) is 40.3 Å². The summed E-state index contributed by atoms with van der Waals surface area (Å²) in [6.07, 6.45) is 3.80. The third kappa shape index (κ3) is 2.69. The predicted molar refractivity (Wildman–Crippen MR) is 77.7 cm³/mol. The van der Waals surface area contributed by atoms with Crippen molar-refractivity contribution in [2.24, 2.45) is 4.99 Å². The molecule has 3 rings (SSSR count). The summed E-state index contributed by atoms with van der Waals surface area (Å²) in [6.45, 7) is 2.17. The number of aromatic nitrogens is 2. The van der Waals surface area contributed by atoms with Gasteiger partial charge in [0.25, 0.3) is 0 Å². The van der Waals surface area contributed by atoms with Crippen molar-refractivity contribution in [3.63, 3.8) is 0 Å². The highest BCUT2D eigenvalue weighted by atomic mass is 35.5. The minimum Gasteiger partial charge on any atom is -0.383 e. The molecule has 3 heterocycles.